The lowest BCUT2D eigenvalue weighted by Gasteiger charge is -2.12. The summed E-state index contributed by atoms with van der Waals surface area (Å²) in [6.45, 7) is 3.25. The molecule has 1 heterocycles. The predicted octanol–water partition coefficient (Wildman–Crippen LogP) is 3.18. The van der Waals surface area contributed by atoms with Crippen LogP contribution in [0.25, 0.3) is 10.8 Å². The van der Waals surface area contributed by atoms with Crippen molar-refractivity contribution in [2.24, 2.45) is 0 Å². The number of anilines is 1. The van der Waals surface area contributed by atoms with Gasteiger partial charge >= 0.3 is 5.97 Å². The van der Waals surface area contributed by atoms with Crippen molar-refractivity contribution in [1.29, 1.82) is 0 Å². The van der Waals surface area contributed by atoms with Gasteiger partial charge in [-0.3, -0.25) is 4.79 Å². The molecule has 0 aliphatic heterocycles. The number of hydrogen-bond acceptors (Lipinski definition) is 5. The number of fused-ring (bicyclic) bond motifs is 1. The fourth-order valence-corrected chi connectivity index (χ4v) is 2.59. The van der Waals surface area contributed by atoms with Crippen molar-refractivity contribution >= 4 is 28.5 Å². The van der Waals surface area contributed by atoms with E-state index in [1.165, 1.54) is 0 Å². The van der Waals surface area contributed by atoms with Gasteiger partial charge < -0.3 is 14.8 Å². The van der Waals surface area contributed by atoms with Gasteiger partial charge in [-0.15, -0.1) is 0 Å². The number of hydrogen-bond donors (Lipinski definition) is 1. The third-order valence-electron chi connectivity index (χ3n) is 3.87. The zero-order valence-corrected chi connectivity index (χ0v) is 15.2. The van der Waals surface area contributed by atoms with Crippen molar-refractivity contribution in [3.8, 4) is 5.75 Å². The van der Waals surface area contributed by atoms with Gasteiger partial charge in [-0.25, -0.2) is 9.48 Å². The standard InChI is InChI=1S/C20H21N3O4/c1-14(2)23-18(9-10-21-23)22-19(24)12-27-20(25)13-26-17-8-7-15-5-3-4-6-16(15)11-17/h3-11,14H,12-13H2,1-2H3,(H,22,24). The maximum atomic E-state index is 11.9. The van der Waals surface area contributed by atoms with Crippen LogP contribution in [0.3, 0.4) is 0 Å². The van der Waals surface area contributed by atoms with E-state index in [4.69, 9.17) is 9.47 Å². The smallest absolute Gasteiger partial charge is 0.344 e. The van der Waals surface area contributed by atoms with Crippen LogP contribution in [0.1, 0.15) is 19.9 Å². The lowest BCUT2D eigenvalue weighted by atomic mass is 10.1. The fraction of sp³-hybridized carbons (Fsp3) is 0.250. The first-order valence-corrected chi connectivity index (χ1v) is 8.63. The summed E-state index contributed by atoms with van der Waals surface area (Å²) < 4.78 is 12.1. The van der Waals surface area contributed by atoms with E-state index < -0.39 is 11.9 Å². The lowest BCUT2D eigenvalue weighted by molar-refractivity contribution is -0.149. The van der Waals surface area contributed by atoms with Gasteiger partial charge in [0, 0.05) is 12.1 Å². The molecule has 0 radical (unpaired) electrons. The normalized spacial score (nSPS) is 10.8. The SMILES string of the molecule is CC(C)n1nccc1NC(=O)COC(=O)COc1ccc2ccccc2c1. The Labute approximate surface area is 156 Å². The third-order valence-corrected chi connectivity index (χ3v) is 3.87. The second-order valence-corrected chi connectivity index (χ2v) is 6.26. The van der Waals surface area contributed by atoms with Crippen LogP contribution in [0.5, 0.6) is 5.75 Å². The lowest BCUT2D eigenvalue weighted by Crippen LogP contribution is -2.25. The highest BCUT2D eigenvalue weighted by Gasteiger charge is 2.12. The number of ether oxygens (including phenoxy) is 2. The molecule has 0 saturated heterocycles. The van der Waals surface area contributed by atoms with Crippen LogP contribution < -0.4 is 10.1 Å². The van der Waals surface area contributed by atoms with Crippen LogP contribution in [0.2, 0.25) is 0 Å². The second-order valence-electron chi connectivity index (χ2n) is 6.26. The molecule has 0 fully saturated rings. The van der Waals surface area contributed by atoms with Gasteiger partial charge in [0.15, 0.2) is 13.2 Å². The maximum absolute atomic E-state index is 11.9. The number of nitrogens with one attached hydrogen (secondary N) is 1. The summed E-state index contributed by atoms with van der Waals surface area (Å²) in [6.07, 6.45) is 1.60. The Morgan fingerprint density at radius 3 is 2.63 bits per heavy atom. The Balaban J connectivity index is 1.46. The first-order valence-electron chi connectivity index (χ1n) is 8.63. The van der Waals surface area contributed by atoms with E-state index in [9.17, 15) is 9.59 Å². The van der Waals surface area contributed by atoms with E-state index in [1.54, 1.807) is 23.0 Å². The Hall–Kier alpha value is -3.35. The molecule has 7 nitrogen and oxygen atoms in total. The van der Waals surface area contributed by atoms with E-state index in [-0.39, 0.29) is 19.3 Å². The molecule has 0 atom stereocenters. The molecule has 3 rings (SSSR count). The van der Waals surface area contributed by atoms with Crippen molar-refractivity contribution in [2.75, 3.05) is 18.5 Å². The van der Waals surface area contributed by atoms with Gasteiger partial charge in [0.2, 0.25) is 0 Å². The van der Waals surface area contributed by atoms with Crippen LogP contribution in [0.15, 0.2) is 54.7 Å². The van der Waals surface area contributed by atoms with Crippen molar-refractivity contribution in [3.05, 3.63) is 54.7 Å². The minimum Gasteiger partial charge on any atom is -0.482 e. The Morgan fingerprint density at radius 2 is 1.85 bits per heavy atom. The highest BCUT2D eigenvalue weighted by molar-refractivity contribution is 5.92. The van der Waals surface area contributed by atoms with Crippen LogP contribution in [0.4, 0.5) is 5.82 Å². The number of benzene rings is 2. The minimum absolute atomic E-state index is 0.105. The summed E-state index contributed by atoms with van der Waals surface area (Å²) in [5.41, 5.74) is 0. The van der Waals surface area contributed by atoms with Crippen LogP contribution in [-0.4, -0.2) is 34.9 Å². The highest BCUT2D eigenvalue weighted by Crippen LogP contribution is 2.20. The summed E-state index contributed by atoms with van der Waals surface area (Å²) in [5, 5.41) is 8.89. The van der Waals surface area contributed by atoms with Crippen molar-refractivity contribution < 1.29 is 19.1 Å². The molecular formula is C20H21N3O4. The monoisotopic (exact) mass is 367 g/mol. The van der Waals surface area contributed by atoms with Gasteiger partial charge in [-0.1, -0.05) is 30.3 Å². The molecule has 1 N–H and O–H groups in total. The number of esters is 1. The Bertz CT molecular complexity index is 949. The molecule has 1 aromatic heterocycles. The van der Waals surface area contributed by atoms with Crippen LogP contribution >= 0.6 is 0 Å². The van der Waals surface area contributed by atoms with Crippen molar-refractivity contribution in [1.82, 2.24) is 9.78 Å². The molecule has 0 aliphatic carbocycles. The predicted molar refractivity (Wildman–Crippen MR) is 102 cm³/mol. The van der Waals surface area contributed by atoms with Crippen LogP contribution in [0, 0.1) is 0 Å². The molecule has 1 amide bonds. The van der Waals surface area contributed by atoms with E-state index in [0.717, 1.165) is 10.8 Å². The zero-order valence-electron chi connectivity index (χ0n) is 15.2. The number of carbonyl (C=O) groups excluding carboxylic acids is 2. The van der Waals surface area contributed by atoms with Gasteiger partial charge in [0.25, 0.3) is 5.91 Å². The number of amides is 1. The summed E-state index contributed by atoms with van der Waals surface area (Å²) in [6, 6.07) is 15.2. The Morgan fingerprint density at radius 1 is 1.07 bits per heavy atom. The number of aromatic nitrogens is 2. The average molecular weight is 367 g/mol. The Kier molecular flexibility index (Phi) is 5.71. The minimum atomic E-state index is -0.615. The zero-order chi connectivity index (χ0) is 19.2. The third kappa shape index (κ3) is 4.84. The van der Waals surface area contributed by atoms with Gasteiger partial charge in [0.1, 0.15) is 11.6 Å². The van der Waals surface area contributed by atoms with Gasteiger partial charge in [-0.2, -0.15) is 5.10 Å². The first kappa shape index (κ1) is 18.4. The molecule has 0 aliphatic rings. The number of rotatable bonds is 7. The molecule has 0 unspecified atom stereocenters. The van der Waals surface area contributed by atoms with E-state index in [1.807, 2.05) is 50.2 Å². The van der Waals surface area contributed by atoms with Crippen molar-refractivity contribution in [3.63, 3.8) is 0 Å². The summed E-state index contributed by atoms with van der Waals surface area (Å²) in [5.74, 6) is 0.0709. The van der Waals surface area contributed by atoms with E-state index in [2.05, 4.69) is 10.4 Å². The molecular weight excluding hydrogens is 346 g/mol. The molecule has 0 saturated carbocycles. The molecule has 27 heavy (non-hydrogen) atoms. The number of nitrogens with zero attached hydrogens (tertiary/aromatic N) is 2. The van der Waals surface area contributed by atoms with Gasteiger partial charge in [0.05, 0.1) is 6.20 Å². The summed E-state index contributed by atoms with van der Waals surface area (Å²) in [4.78, 5) is 23.8. The second kappa shape index (κ2) is 8.35. The average Bonchev–Trinajstić information content (AvgIpc) is 3.13. The largest absolute Gasteiger partial charge is 0.482 e. The topological polar surface area (TPSA) is 82.5 Å². The van der Waals surface area contributed by atoms with E-state index >= 15 is 0 Å². The summed E-state index contributed by atoms with van der Waals surface area (Å²) in [7, 11) is 0. The van der Waals surface area contributed by atoms with E-state index in [0.29, 0.717) is 11.6 Å². The highest BCUT2D eigenvalue weighted by atomic mass is 16.6. The molecule has 2 aromatic carbocycles. The van der Waals surface area contributed by atoms with Crippen LogP contribution in [-0.2, 0) is 14.3 Å². The first-order chi connectivity index (χ1) is 13.0. The molecule has 0 spiro atoms. The maximum Gasteiger partial charge on any atom is 0.344 e. The fourth-order valence-electron chi connectivity index (χ4n) is 2.59. The van der Waals surface area contributed by atoms with Crippen molar-refractivity contribution in [2.45, 2.75) is 19.9 Å². The quantitative estimate of drug-likeness (QED) is 0.649. The molecule has 7 heteroatoms. The molecule has 0 bridgehead atoms. The number of carbonyl (C=O) groups is 2. The van der Waals surface area contributed by atoms with Gasteiger partial charge in [-0.05, 0) is 36.8 Å². The molecule has 3 aromatic rings. The summed E-state index contributed by atoms with van der Waals surface area (Å²) >= 11 is 0. The molecule has 140 valence electrons.